The van der Waals surface area contributed by atoms with E-state index in [0.29, 0.717) is 25.8 Å². The molecule has 0 bridgehead atoms. The molecule has 2 fully saturated rings. The highest BCUT2D eigenvalue weighted by Crippen LogP contribution is 2.66. The van der Waals surface area contributed by atoms with E-state index in [1.54, 1.807) is 42.5 Å². The molecule has 2 saturated heterocycles. The Labute approximate surface area is 363 Å². The van der Waals surface area contributed by atoms with Gasteiger partial charge in [-0.1, -0.05) is 91.5 Å². The van der Waals surface area contributed by atoms with Gasteiger partial charge in [-0.25, -0.2) is 9.69 Å². The number of ether oxygens (including phenoxy) is 4. The van der Waals surface area contributed by atoms with Crippen LogP contribution >= 0.6 is 22.6 Å². The van der Waals surface area contributed by atoms with Gasteiger partial charge in [0.1, 0.15) is 49.0 Å². The van der Waals surface area contributed by atoms with Gasteiger partial charge in [-0.3, -0.25) is 29.4 Å². The molecule has 1 N–H and O–H groups in total. The number of aliphatic hydroxyl groups excluding tert-OH is 1. The molecule has 5 aromatic carbocycles. The van der Waals surface area contributed by atoms with E-state index in [2.05, 4.69) is 29.2 Å². The lowest BCUT2D eigenvalue weighted by Crippen LogP contribution is -2.53. The Bertz CT molecular complexity index is 2500. The minimum atomic E-state index is -2.10. The number of fused-ring (bicyclic) bond motifs is 3. The summed E-state index contributed by atoms with van der Waals surface area (Å²) in [6.45, 7) is 2.65. The standard InChI is InChI=1S/C46H38IN3O11/c1-2-24-59-42(52)37-39-43(53)61-40(30-13-7-4-8-14-30)38(29-11-5-3-6-12-29)49(39)41(33-15-9-10-16-36(33)58-25-23-51)46(37)34-26-31(47)19-22-35(34)48(44(46)54)45(55)60-27-28-17-20-32(21-18-28)50(56)57/h2-22,26,37-41,51H,1,23-25,27H2. The number of para-hydroxylation sites is 1. The molecule has 310 valence electrons. The number of cyclic esters (lactones) is 1. The number of esters is 2. The number of non-ortho nitro benzene ring substituents is 1. The monoisotopic (exact) mass is 935 g/mol. The van der Waals surface area contributed by atoms with Crippen LogP contribution in [0.1, 0.15) is 46.0 Å². The van der Waals surface area contributed by atoms with E-state index in [9.17, 15) is 24.8 Å². The van der Waals surface area contributed by atoms with Gasteiger partial charge in [-0.05, 0) is 81.2 Å². The molecule has 0 saturated carbocycles. The Morgan fingerprint density at radius 3 is 2.23 bits per heavy atom. The summed E-state index contributed by atoms with van der Waals surface area (Å²) in [5.74, 6) is -3.94. The number of hydrogen-bond donors (Lipinski definition) is 1. The lowest BCUT2D eigenvalue weighted by atomic mass is 9.65. The van der Waals surface area contributed by atoms with Crippen LogP contribution < -0.4 is 9.64 Å². The third-order valence-corrected chi connectivity index (χ3v) is 11.9. The molecule has 3 aliphatic heterocycles. The predicted octanol–water partition coefficient (Wildman–Crippen LogP) is 7.30. The van der Waals surface area contributed by atoms with Gasteiger partial charge in [0.15, 0.2) is 0 Å². The average molecular weight is 936 g/mol. The molecule has 2 amide bonds. The molecular formula is C46H38IN3O11. The zero-order valence-corrected chi connectivity index (χ0v) is 34.5. The summed E-state index contributed by atoms with van der Waals surface area (Å²) in [5, 5.41) is 21.2. The molecule has 0 aliphatic carbocycles. The summed E-state index contributed by atoms with van der Waals surface area (Å²) in [4.78, 5) is 74.0. The number of anilines is 1. The van der Waals surface area contributed by atoms with E-state index < -0.39 is 64.4 Å². The van der Waals surface area contributed by atoms with Crippen molar-refractivity contribution in [2.75, 3.05) is 24.7 Å². The average Bonchev–Trinajstić information content (AvgIpc) is 3.73. The summed E-state index contributed by atoms with van der Waals surface area (Å²) in [5.41, 5.74) is 0.286. The zero-order valence-electron chi connectivity index (χ0n) is 32.4. The van der Waals surface area contributed by atoms with E-state index in [1.165, 1.54) is 30.3 Å². The molecule has 61 heavy (non-hydrogen) atoms. The van der Waals surface area contributed by atoms with Gasteiger partial charge in [0, 0.05) is 21.3 Å². The highest BCUT2D eigenvalue weighted by atomic mass is 127. The van der Waals surface area contributed by atoms with Crippen molar-refractivity contribution in [2.45, 2.75) is 36.3 Å². The Morgan fingerprint density at radius 1 is 0.885 bits per heavy atom. The largest absolute Gasteiger partial charge is 0.491 e. The van der Waals surface area contributed by atoms with Gasteiger partial charge in [-0.15, -0.1) is 0 Å². The van der Waals surface area contributed by atoms with E-state index in [-0.39, 0.29) is 49.1 Å². The predicted molar refractivity (Wildman–Crippen MR) is 228 cm³/mol. The number of morpholine rings is 1. The minimum absolute atomic E-state index is 0.114. The Kier molecular flexibility index (Phi) is 11.7. The fraction of sp³-hybridized carbons (Fsp3) is 0.217. The first-order valence-electron chi connectivity index (χ1n) is 19.3. The highest BCUT2D eigenvalue weighted by Gasteiger charge is 2.76. The first kappa shape index (κ1) is 41.3. The molecule has 6 atom stereocenters. The number of aliphatic hydroxyl groups is 1. The number of amides is 2. The van der Waals surface area contributed by atoms with Gasteiger partial charge in [0.05, 0.1) is 29.3 Å². The topological polar surface area (TPSA) is 175 Å². The zero-order chi connectivity index (χ0) is 42.8. The van der Waals surface area contributed by atoms with Crippen LogP contribution in [0.25, 0.3) is 0 Å². The SMILES string of the molecule is C=CCOC(=O)C1C2C(=O)OC(c3ccccc3)C(c3ccccc3)N2C(c2ccccc2OCCO)C12C(=O)N(C(=O)OCc1ccc([N+](=O)[O-])cc1)c1ccc(I)cc12. The van der Waals surface area contributed by atoms with Gasteiger partial charge in [0.2, 0.25) is 5.91 Å². The molecule has 3 heterocycles. The molecule has 8 rings (SSSR count). The number of carbonyl (C=O) groups excluding carboxylic acids is 4. The third kappa shape index (κ3) is 7.21. The number of halogens is 1. The summed E-state index contributed by atoms with van der Waals surface area (Å²) >= 11 is 2.09. The second kappa shape index (κ2) is 17.3. The van der Waals surface area contributed by atoms with Crippen LogP contribution in [0.4, 0.5) is 16.2 Å². The number of nitro benzene ring substituents is 1. The maximum atomic E-state index is 16.1. The molecule has 0 aromatic heterocycles. The second-order valence-electron chi connectivity index (χ2n) is 14.6. The number of hydrogen-bond acceptors (Lipinski definition) is 12. The van der Waals surface area contributed by atoms with Crippen molar-refractivity contribution in [3.05, 3.63) is 182 Å². The van der Waals surface area contributed by atoms with Crippen molar-refractivity contribution >= 4 is 57.9 Å². The van der Waals surface area contributed by atoms with Crippen molar-refractivity contribution in [3.8, 4) is 5.75 Å². The van der Waals surface area contributed by atoms with E-state index >= 15 is 9.59 Å². The molecule has 0 radical (unpaired) electrons. The van der Waals surface area contributed by atoms with Crippen LogP contribution in [-0.2, 0) is 40.6 Å². The molecule has 3 aliphatic rings. The second-order valence-corrected chi connectivity index (χ2v) is 15.8. The van der Waals surface area contributed by atoms with Crippen LogP contribution in [-0.4, -0.2) is 64.7 Å². The molecule has 5 aromatic rings. The van der Waals surface area contributed by atoms with E-state index in [1.807, 2.05) is 65.6 Å². The van der Waals surface area contributed by atoms with Crippen molar-refractivity contribution in [2.24, 2.45) is 5.92 Å². The summed E-state index contributed by atoms with van der Waals surface area (Å²) in [7, 11) is 0. The van der Waals surface area contributed by atoms with Gasteiger partial charge in [0.25, 0.3) is 5.69 Å². The van der Waals surface area contributed by atoms with Crippen molar-refractivity contribution in [1.82, 2.24) is 4.90 Å². The molecule has 15 heteroatoms. The lowest BCUT2D eigenvalue weighted by molar-refractivity contribution is -0.384. The summed E-state index contributed by atoms with van der Waals surface area (Å²) in [6, 6.07) is 32.2. The normalized spacial score (nSPS) is 22.9. The smallest absolute Gasteiger partial charge is 0.421 e. The fourth-order valence-electron chi connectivity index (χ4n) is 8.94. The molecule has 1 spiro atoms. The van der Waals surface area contributed by atoms with Crippen LogP contribution in [0.3, 0.4) is 0 Å². The number of nitrogens with zero attached hydrogens (tertiary/aromatic N) is 3. The van der Waals surface area contributed by atoms with E-state index in [4.69, 9.17) is 18.9 Å². The Balaban J connectivity index is 1.39. The van der Waals surface area contributed by atoms with Crippen molar-refractivity contribution < 1.29 is 48.2 Å². The Morgan fingerprint density at radius 2 is 1.56 bits per heavy atom. The van der Waals surface area contributed by atoms with Gasteiger partial charge >= 0.3 is 18.0 Å². The maximum absolute atomic E-state index is 16.1. The fourth-order valence-corrected chi connectivity index (χ4v) is 9.43. The number of carbonyl (C=O) groups is 4. The first-order chi connectivity index (χ1) is 29.6. The molecular weight excluding hydrogens is 897 g/mol. The summed E-state index contributed by atoms with van der Waals surface area (Å²) < 4.78 is 24.8. The summed E-state index contributed by atoms with van der Waals surface area (Å²) in [6.07, 6.45) is -0.659. The number of benzene rings is 5. The third-order valence-electron chi connectivity index (χ3n) is 11.3. The lowest BCUT2D eigenvalue weighted by Gasteiger charge is -2.46. The van der Waals surface area contributed by atoms with Crippen molar-refractivity contribution in [3.63, 3.8) is 0 Å². The Hall–Kier alpha value is -6.43. The van der Waals surface area contributed by atoms with Crippen molar-refractivity contribution in [1.29, 1.82) is 0 Å². The quantitative estimate of drug-likeness (QED) is 0.0331. The number of nitro groups is 1. The minimum Gasteiger partial charge on any atom is -0.491 e. The van der Waals surface area contributed by atoms with Crippen LogP contribution in [0.15, 0.2) is 140 Å². The van der Waals surface area contributed by atoms with Gasteiger partial charge in [-0.2, -0.15) is 0 Å². The first-order valence-corrected chi connectivity index (χ1v) is 20.4. The maximum Gasteiger partial charge on any atom is 0.421 e. The molecule has 14 nitrogen and oxygen atoms in total. The van der Waals surface area contributed by atoms with Crippen LogP contribution in [0.5, 0.6) is 5.75 Å². The van der Waals surface area contributed by atoms with Crippen LogP contribution in [0.2, 0.25) is 0 Å². The highest BCUT2D eigenvalue weighted by molar-refractivity contribution is 14.1. The molecule has 6 unspecified atom stereocenters. The van der Waals surface area contributed by atoms with Gasteiger partial charge < -0.3 is 24.1 Å². The number of rotatable bonds is 12. The van der Waals surface area contributed by atoms with Crippen LogP contribution in [0, 0.1) is 19.6 Å². The van der Waals surface area contributed by atoms with E-state index in [0.717, 1.165) is 4.90 Å². The number of imide groups is 1.